The number of rotatable bonds is 6. The summed E-state index contributed by atoms with van der Waals surface area (Å²) in [7, 11) is 0. The van der Waals surface area contributed by atoms with E-state index >= 15 is 0 Å². The van der Waals surface area contributed by atoms with Crippen molar-refractivity contribution in [1.82, 2.24) is 9.78 Å². The average molecular weight is 363 g/mol. The fraction of sp³-hybridized carbons (Fsp3) is 0.200. The number of hydrogen-bond donors (Lipinski definition) is 1. The van der Waals surface area contributed by atoms with E-state index in [0.29, 0.717) is 12.2 Å². The van der Waals surface area contributed by atoms with E-state index in [4.69, 9.17) is 0 Å². The predicted octanol–water partition coefficient (Wildman–Crippen LogP) is 4.21. The van der Waals surface area contributed by atoms with E-state index in [2.05, 4.69) is 46.8 Å². The van der Waals surface area contributed by atoms with Gasteiger partial charge in [-0.3, -0.25) is 20.2 Å². The van der Waals surface area contributed by atoms with Gasteiger partial charge in [0.1, 0.15) is 5.69 Å². The van der Waals surface area contributed by atoms with Crippen LogP contribution >= 0.6 is 0 Å². The monoisotopic (exact) mass is 363 g/mol. The normalized spacial score (nSPS) is 11.1. The fourth-order valence-corrected chi connectivity index (χ4v) is 2.81. The Balaban J connectivity index is 1.78. The minimum absolute atomic E-state index is 0.0156. The van der Waals surface area contributed by atoms with Gasteiger partial charge in [0.05, 0.1) is 23.4 Å². The summed E-state index contributed by atoms with van der Waals surface area (Å²) in [4.78, 5) is 10.6. The molecule has 0 fully saturated rings. The number of benzene rings is 2. The van der Waals surface area contributed by atoms with E-state index in [9.17, 15) is 10.1 Å². The lowest BCUT2D eigenvalue weighted by molar-refractivity contribution is -0.384. The topological polar surface area (TPSA) is 85.3 Å². The lowest BCUT2D eigenvalue weighted by atomic mass is 10.1. The summed E-state index contributed by atoms with van der Waals surface area (Å²) in [6.45, 7) is 6.65. The SMILES string of the molecule is Cc1ccc(Cn2nc(C)c(/C=N/Nc3ccccc3[N+](=O)[O-])c2C)cc1. The summed E-state index contributed by atoms with van der Waals surface area (Å²) in [6.07, 6.45) is 1.65. The Bertz CT molecular complexity index is 990. The van der Waals surface area contributed by atoms with E-state index in [0.717, 1.165) is 17.0 Å². The molecule has 7 heteroatoms. The molecule has 0 unspecified atom stereocenters. The first-order valence-electron chi connectivity index (χ1n) is 8.57. The number of anilines is 1. The number of nitro benzene ring substituents is 1. The van der Waals surface area contributed by atoms with Crippen molar-refractivity contribution in [2.24, 2.45) is 5.10 Å². The largest absolute Gasteiger partial charge is 0.294 e. The molecule has 27 heavy (non-hydrogen) atoms. The van der Waals surface area contributed by atoms with Crippen LogP contribution in [0, 0.1) is 30.9 Å². The molecule has 0 atom stereocenters. The Labute approximate surface area is 157 Å². The molecule has 0 saturated heterocycles. The quantitative estimate of drug-likeness (QED) is 0.404. The Kier molecular flexibility index (Phi) is 5.30. The minimum Gasteiger partial charge on any atom is -0.272 e. The predicted molar refractivity (Wildman–Crippen MR) is 106 cm³/mol. The van der Waals surface area contributed by atoms with Gasteiger partial charge in [-0.05, 0) is 32.4 Å². The maximum Gasteiger partial charge on any atom is 0.294 e. The number of aryl methyl sites for hydroxylation is 2. The van der Waals surface area contributed by atoms with Gasteiger partial charge in [0.25, 0.3) is 5.69 Å². The molecule has 3 aromatic rings. The first-order chi connectivity index (χ1) is 13.0. The maximum atomic E-state index is 11.1. The zero-order valence-electron chi connectivity index (χ0n) is 15.5. The van der Waals surface area contributed by atoms with Crippen LogP contribution in [0.4, 0.5) is 11.4 Å². The second-order valence-corrected chi connectivity index (χ2v) is 6.37. The van der Waals surface area contributed by atoms with Crippen LogP contribution in [-0.4, -0.2) is 20.9 Å². The van der Waals surface area contributed by atoms with Crippen LogP contribution in [-0.2, 0) is 6.54 Å². The molecular formula is C20H21N5O2. The number of hydrazone groups is 1. The molecule has 2 aromatic carbocycles. The molecule has 1 heterocycles. The van der Waals surface area contributed by atoms with E-state index in [-0.39, 0.29) is 5.69 Å². The molecule has 0 spiro atoms. The summed E-state index contributed by atoms with van der Waals surface area (Å²) < 4.78 is 1.94. The number of nitro groups is 1. The highest BCUT2D eigenvalue weighted by Gasteiger charge is 2.12. The van der Waals surface area contributed by atoms with Crippen molar-refractivity contribution < 1.29 is 4.92 Å². The van der Waals surface area contributed by atoms with Gasteiger partial charge >= 0.3 is 0 Å². The number of nitrogens with one attached hydrogen (secondary N) is 1. The summed E-state index contributed by atoms with van der Waals surface area (Å²) >= 11 is 0. The zero-order valence-corrected chi connectivity index (χ0v) is 15.5. The molecular weight excluding hydrogens is 342 g/mol. The van der Waals surface area contributed by atoms with Crippen LogP contribution in [0.25, 0.3) is 0 Å². The van der Waals surface area contributed by atoms with Gasteiger partial charge in [0.2, 0.25) is 0 Å². The number of para-hydroxylation sites is 2. The smallest absolute Gasteiger partial charge is 0.272 e. The highest BCUT2D eigenvalue weighted by molar-refractivity contribution is 5.83. The number of hydrogen-bond acceptors (Lipinski definition) is 5. The van der Waals surface area contributed by atoms with E-state index < -0.39 is 4.92 Å². The van der Waals surface area contributed by atoms with Crippen LogP contribution < -0.4 is 5.43 Å². The van der Waals surface area contributed by atoms with Crippen molar-refractivity contribution in [1.29, 1.82) is 0 Å². The standard InChI is InChI=1S/C20H21N5O2/c1-14-8-10-17(11-9-14)13-24-16(3)18(15(2)23-24)12-21-22-19-6-4-5-7-20(19)25(26)27/h4-12,22H,13H2,1-3H3/b21-12+. The molecule has 138 valence electrons. The van der Waals surface area contributed by atoms with Crippen molar-refractivity contribution >= 4 is 17.6 Å². The van der Waals surface area contributed by atoms with Crippen molar-refractivity contribution in [2.45, 2.75) is 27.3 Å². The highest BCUT2D eigenvalue weighted by atomic mass is 16.6. The zero-order chi connectivity index (χ0) is 19.4. The fourth-order valence-electron chi connectivity index (χ4n) is 2.81. The Morgan fingerprint density at radius 3 is 2.56 bits per heavy atom. The van der Waals surface area contributed by atoms with Crippen LogP contribution in [0.15, 0.2) is 53.6 Å². The molecule has 0 aliphatic heterocycles. The van der Waals surface area contributed by atoms with Gasteiger partial charge in [-0.1, -0.05) is 42.0 Å². The van der Waals surface area contributed by atoms with Crippen molar-refractivity contribution in [3.05, 3.63) is 86.7 Å². The van der Waals surface area contributed by atoms with Gasteiger partial charge in [0.15, 0.2) is 0 Å². The summed E-state index contributed by atoms with van der Waals surface area (Å²) in [5.74, 6) is 0. The molecule has 0 bridgehead atoms. The maximum absolute atomic E-state index is 11.1. The summed E-state index contributed by atoms with van der Waals surface area (Å²) in [6, 6.07) is 14.8. The molecule has 0 aliphatic carbocycles. The van der Waals surface area contributed by atoms with Crippen molar-refractivity contribution in [3.63, 3.8) is 0 Å². The average Bonchev–Trinajstić information content (AvgIpc) is 2.91. The first kappa shape index (κ1) is 18.3. The molecule has 0 amide bonds. The van der Waals surface area contributed by atoms with Crippen molar-refractivity contribution in [3.8, 4) is 0 Å². The molecule has 1 aromatic heterocycles. The van der Waals surface area contributed by atoms with Gasteiger partial charge < -0.3 is 0 Å². The van der Waals surface area contributed by atoms with Crippen LogP contribution in [0.2, 0.25) is 0 Å². The van der Waals surface area contributed by atoms with Gasteiger partial charge in [-0.15, -0.1) is 0 Å². The number of nitrogens with zero attached hydrogens (tertiary/aromatic N) is 4. The Morgan fingerprint density at radius 1 is 1.15 bits per heavy atom. The van der Waals surface area contributed by atoms with E-state index in [1.165, 1.54) is 17.2 Å². The second kappa shape index (κ2) is 7.82. The summed E-state index contributed by atoms with van der Waals surface area (Å²) in [5.41, 5.74) is 8.22. The lowest BCUT2D eigenvalue weighted by Crippen LogP contribution is -2.04. The van der Waals surface area contributed by atoms with Crippen LogP contribution in [0.1, 0.15) is 28.1 Å². The van der Waals surface area contributed by atoms with E-state index in [1.807, 2.05) is 18.5 Å². The molecule has 3 rings (SSSR count). The van der Waals surface area contributed by atoms with E-state index in [1.54, 1.807) is 24.4 Å². The molecule has 0 saturated carbocycles. The van der Waals surface area contributed by atoms with Gasteiger partial charge in [0, 0.05) is 17.3 Å². The Hall–Kier alpha value is -3.48. The van der Waals surface area contributed by atoms with Gasteiger partial charge in [-0.25, -0.2) is 0 Å². The van der Waals surface area contributed by atoms with Crippen LogP contribution in [0.3, 0.4) is 0 Å². The van der Waals surface area contributed by atoms with Crippen molar-refractivity contribution in [2.75, 3.05) is 5.43 Å². The first-order valence-corrected chi connectivity index (χ1v) is 8.57. The summed E-state index contributed by atoms with van der Waals surface area (Å²) in [5, 5.41) is 19.8. The third kappa shape index (κ3) is 4.20. The third-order valence-electron chi connectivity index (χ3n) is 4.37. The number of aromatic nitrogens is 2. The third-order valence-corrected chi connectivity index (χ3v) is 4.37. The molecule has 1 N–H and O–H groups in total. The molecule has 7 nitrogen and oxygen atoms in total. The highest BCUT2D eigenvalue weighted by Crippen LogP contribution is 2.23. The Morgan fingerprint density at radius 2 is 1.85 bits per heavy atom. The molecule has 0 radical (unpaired) electrons. The molecule has 0 aliphatic rings. The minimum atomic E-state index is -0.437. The van der Waals surface area contributed by atoms with Crippen LogP contribution in [0.5, 0.6) is 0 Å². The van der Waals surface area contributed by atoms with Gasteiger partial charge in [-0.2, -0.15) is 10.2 Å². The lowest BCUT2D eigenvalue weighted by Gasteiger charge is -2.05. The second-order valence-electron chi connectivity index (χ2n) is 6.37.